The second-order valence-electron chi connectivity index (χ2n) is 13.2. The molecular formula is C30H41N7O. The Morgan fingerprint density at radius 1 is 1.03 bits per heavy atom. The zero-order chi connectivity index (χ0) is 25.6. The van der Waals surface area contributed by atoms with Gasteiger partial charge in [-0.25, -0.2) is 4.98 Å². The minimum Gasteiger partial charge on any atom is -0.372 e. The molecule has 4 bridgehead atoms. The fourth-order valence-corrected chi connectivity index (χ4v) is 8.75. The van der Waals surface area contributed by atoms with E-state index in [1.165, 1.54) is 87.1 Å². The zero-order valence-corrected chi connectivity index (χ0v) is 23.2. The lowest BCUT2D eigenvalue weighted by Crippen LogP contribution is -2.61. The Balaban J connectivity index is 1.01. The Hall–Kier alpha value is -2.45. The Morgan fingerprint density at radius 3 is 2.50 bits per heavy atom. The number of rotatable bonds is 4. The Kier molecular flexibility index (Phi) is 5.10. The first-order valence-corrected chi connectivity index (χ1v) is 14.9. The van der Waals surface area contributed by atoms with E-state index in [0.717, 1.165) is 42.8 Å². The third kappa shape index (κ3) is 3.52. The lowest BCUT2D eigenvalue weighted by Gasteiger charge is -2.59. The molecule has 0 aromatic carbocycles. The molecule has 38 heavy (non-hydrogen) atoms. The van der Waals surface area contributed by atoms with Crippen LogP contribution in [0.1, 0.15) is 74.0 Å². The van der Waals surface area contributed by atoms with Crippen LogP contribution in [0.25, 0.3) is 11.0 Å². The predicted octanol–water partition coefficient (Wildman–Crippen LogP) is 4.30. The van der Waals surface area contributed by atoms with Crippen LogP contribution < -0.4 is 4.90 Å². The molecule has 9 rings (SSSR count). The van der Waals surface area contributed by atoms with Crippen LogP contribution in [-0.4, -0.2) is 66.8 Å². The van der Waals surface area contributed by atoms with Gasteiger partial charge in [-0.15, -0.1) is 0 Å². The topological polar surface area (TPSA) is 64.2 Å². The average Bonchev–Trinajstić information content (AvgIpc) is 3.58. The molecule has 3 aliphatic heterocycles. The van der Waals surface area contributed by atoms with E-state index in [-0.39, 0.29) is 0 Å². The number of hydrogen-bond acceptors (Lipinski definition) is 6. The maximum Gasteiger partial charge on any atom is 0.159 e. The molecule has 0 N–H and O–H groups in total. The summed E-state index contributed by atoms with van der Waals surface area (Å²) >= 11 is 0. The summed E-state index contributed by atoms with van der Waals surface area (Å²) in [4.78, 5) is 10.1. The number of morpholine rings is 1. The summed E-state index contributed by atoms with van der Waals surface area (Å²) in [5.74, 6) is 0. The molecule has 0 spiro atoms. The normalized spacial score (nSPS) is 32.9. The van der Waals surface area contributed by atoms with Crippen molar-refractivity contribution < 1.29 is 4.74 Å². The number of pyridine rings is 1. The van der Waals surface area contributed by atoms with Crippen LogP contribution in [0.15, 0.2) is 12.3 Å². The monoisotopic (exact) mass is 515 g/mol. The summed E-state index contributed by atoms with van der Waals surface area (Å²) in [6.07, 6.45) is 14.7. The largest absolute Gasteiger partial charge is 0.372 e. The van der Waals surface area contributed by atoms with Gasteiger partial charge < -0.3 is 9.64 Å². The van der Waals surface area contributed by atoms with E-state index in [9.17, 15) is 0 Å². The number of aryl methyl sites for hydroxylation is 3. The van der Waals surface area contributed by atoms with Crippen LogP contribution in [0.4, 0.5) is 5.69 Å². The summed E-state index contributed by atoms with van der Waals surface area (Å²) in [7, 11) is 1.98. The van der Waals surface area contributed by atoms with Crippen LogP contribution in [0, 0.1) is 19.3 Å². The third-order valence-electron chi connectivity index (χ3n) is 11.0. The van der Waals surface area contributed by atoms with Gasteiger partial charge in [-0.2, -0.15) is 10.2 Å². The Labute approximate surface area is 225 Å². The van der Waals surface area contributed by atoms with E-state index in [2.05, 4.69) is 39.5 Å². The first-order valence-electron chi connectivity index (χ1n) is 14.9. The van der Waals surface area contributed by atoms with Gasteiger partial charge in [0.25, 0.3) is 0 Å². The maximum atomic E-state index is 6.17. The van der Waals surface area contributed by atoms with Gasteiger partial charge in [0.2, 0.25) is 0 Å². The Morgan fingerprint density at radius 2 is 1.76 bits per heavy atom. The van der Waals surface area contributed by atoms with Crippen LogP contribution in [0.2, 0.25) is 0 Å². The molecular weight excluding hydrogens is 474 g/mol. The van der Waals surface area contributed by atoms with Crippen LogP contribution in [0.5, 0.6) is 0 Å². The summed E-state index contributed by atoms with van der Waals surface area (Å²) < 4.78 is 10.5. The van der Waals surface area contributed by atoms with E-state index in [0.29, 0.717) is 23.2 Å². The molecule has 6 heterocycles. The highest BCUT2D eigenvalue weighted by Crippen LogP contribution is 2.56. The molecule has 0 radical (unpaired) electrons. The SMILES string of the molecule is Cc1cc(N2CCc3c(c(C)nn3CC34CCC(N5C[C@H]6CC[C@@H](C5)O6)(CC3)CC4)C2)c2cnn(C)c2n1. The van der Waals surface area contributed by atoms with Crippen molar-refractivity contribution in [3.8, 4) is 0 Å². The molecule has 0 unspecified atom stereocenters. The van der Waals surface area contributed by atoms with Gasteiger partial charge in [-0.05, 0) is 76.7 Å². The van der Waals surface area contributed by atoms with Gasteiger partial charge in [0, 0.05) is 68.7 Å². The molecule has 3 saturated carbocycles. The number of likely N-dealkylation sites (tertiary alicyclic amines) is 1. The molecule has 8 heteroatoms. The number of aromatic nitrogens is 5. The lowest BCUT2D eigenvalue weighted by atomic mass is 9.56. The minimum absolute atomic E-state index is 0.431. The summed E-state index contributed by atoms with van der Waals surface area (Å²) in [5.41, 5.74) is 8.27. The standard InChI is InChI=1S/C30H41N7O/c1-20-14-27(24-15-31-34(3)28(24)32-20)35-13-6-26-25(18-35)21(2)33-37(26)19-29-7-10-30(11-8-29,12-9-29)36-16-22-4-5-23(17-36)38-22/h14-15,22-23H,4-13,16-19H2,1-3H3/t22-,23+,29?,30?. The maximum absolute atomic E-state index is 6.17. The van der Waals surface area contributed by atoms with Crippen molar-refractivity contribution in [2.75, 3.05) is 24.5 Å². The van der Waals surface area contributed by atoms with Crippen molar-refractivity contribution in [3.63, 3.8) is 0 Å². The molecule has 8 nitrogen and oxygen atoms in total. The number of hydrogen-bond donors (Lipinski definition) is 0. The number of nitrogens with zero attached hydrogens (tertiary/aromatic N) is 7. The quantitative estimate of drug-likeness (QED) is 0.516. The smallest absolute Gasteiger partial charge is 0.159 e. The fourth-order valence-electron chi connectivity index (χ4n) is 8.75. The lowest BCUT2D eigenvalue weighted by molar-refractivity contribution is -0.124. The number of fused-ring (bicyclic) bond motifs is 7. The first kappa shape index (κ1) is 23.4. The van der Waals surface area contributed by atoms with E-state index in [1.807, 2.05) is 17.9 Å². The van der Waals surface area contributed by atoms with Gasteiger partial charge in [0.05, 0.1) is 35.2 Å². The van der Waals surface area contributed by atoms with E-state index in [1.54, 1.807) is 0 Å². The molecule has 6 aliphatic rings. The van der Waals surface area contributed by atoms with Crippen molar-refractivity contribution in [2.24, 2.45) is 12.5 Å². The van der Waals surface area contributed by atoms with Crippen molar-refractivity contribution in [1.29, 1.82) is 0 Å². The molecule has 2 atom stereocenters. The average molecular weight is 516 g/mol. The van der Waals surface area contributed by atoms with Crippen molar-refractivity contribution in [1.82, 2.24) is 29.4 Å². The molecule has 202 valence electrons. The predicted molar refractivity (Wildman–Crippen MR) is 147 cm³/mol. The summed E-state index contributed by atoms with van der Waals surface area (Å²) in [6.45, 7) is 9.69. The van der Waals surface area contributed by atoms with E-state index >= 15 is 0 Å². The van der Waals surface area contributed by atoms with Gasteiger partial charge in [0.15, 0.2) is 5.65 Å². The van der Waals surface area contributed by atoms with Gasteiger partial charge in [0.1, 0.15) is 0 Å². The van der Waals surface area contributed by atoms with Crippen LogP contribution >= 0.6 is 0 Å². The molecule has 3 aliphatic carbocycles. The molecule has 5 fully saturated rings. The highest BCUT2D eigenvalue weighted by atomic mass is 16.5. The van der Waals surface area contributed by atoms with Gasteiger partial charge in [-0.3, -0.25) is 14.3 Å². The first-order chi connectivity index (χ1) is 18.4. The minimum atomic E-state index is 0.431. The number of ether oxygens (including phenoxy) is 1. The molecule has 2 saturated heterocycles. The number of anilines is 1. The van der Waals surface area contributed by atoms with Gasteiger partial charge >= 0.3 is 0 Å². The van der Waals surface area contributed by atoms with E-state index < -0.39 is 0 Å². The van der Waals surface area contributed by atoms with Crippen LogP contribution in [-0.2, 0) is 31.3 Å². The third-order valence-corrected chi connectivity index (χ3v) is 11.0. The van der Waals surface area contributed by atoms with Crippen molar-refractivity contribution in [3.05, 3.63) is 34.9 Å². The second kappa shape index (κ2) is 8.28. The van der Waals surface area contributed by atoms with Crippen molar-refractivity contribution >= 4 is 16.7 Å². The molecule has 3 aromatic rings. The summed E-state index contributed by atoms with van der Waals surface area (Å²) in [5, 5.41) is 10.8. The highest BCUT2D eigenvalue weighted by Gasteiger charge is 2.53. The molecule has 3 aromatic heterocycles. The van der Waals surface area contributed by atoms with Gasteiger partial charge in [-0.1, -0.05) is 0 Å². The van der Waals surface area contributed by atoms with E-state index in [4.69, 9.17) is 14.8 Å². The Bertz CT molecular complexity index is 1370. The second-order valence-corrected chi connectivity index (χ2v) is 13.2. The molecule has 0 amide bonds. The van der Waals surface area contributed by atoms with Crippen molar-refractivity contribution in [2.45, 2.75) is 102 Å². The summed E-state index contributed by atoms with van der Waals surface area (Å²) in [6, 6.07) is 2.23. The van der Waals surface area contributed by atoms with Crippen LogP contribution in [0.3, 0.4) is 0 Å². The fraction of sp³-hybridized carbons (Fsp3) is 0.700. The highest BCUT2D eigenvalue weighted by molar-refractivity contribution is 5.89. The zero-order valence-electron chi connectivity index (χ0n) is 23.2.